The fourth-order valence-electron chi connectivity index (χ4n) is 5.99. The number of fused-ring (bicyclic) bond motifs is 2. The molecule has 1 aromatic heterocycles. The molecule has 2 aliphatic carbocycles. The topological polar surface area (TPSA) is 73.3 Å². The van der Waals surface area contributed by atoms with Crippen molar-refractivity contribution in [2.45, 2.75) is 63.7 Å². The van der Waals surface area contributed by atoms with Gasteiger partial charge in [-0.25, -0.2) is 0 Å². The lowest BCUT2D eigenvalue weighted by molar-refractivity contribution is -0.0980. The Morgan fingerprint density at radius 2 is 1.76 bits per heavy atom. The first-order chi connectivity index (χ1) is 18.6. The number of carbonyl (C=O) groups excluding carboxylic acids is 3. The predicted molar refractivity (Wildman–Crippen MR) is 150 cm³/mol. The van der Waals surface area contributed by atoms with Crippen molar-refractivity contribution in [1.82, 2.24) is 4.98 Å². The first-order valence-corrected chi connectivity index (χ1v) is 13.7. The molecule has 2 aromatic carbocycles. The van der Waals surface area contributed by atoms with Crippen LogP contribution in [0.3, 0.4) is 0 Å². The third-order valence-electron chi connectivity index (χ3n) is 8.07. The van der Waals surface area contributed by atoms with Gasteiger partial charge in [-0.2, -0.15) is 0 Å². The van der Waals surface area contributed by atoms with Crippen molar-refractivity contribution in [2.75, 3.05) is 13.2 Å². The summed E-state index contributed by atoms with van der Waals surface area (Å²) in [6.07, 6.45) is 8.96. The second-order valence-electron chi connectivity index (χ2n) is 10.2. The Kier molecular flexibility index (Phi) is 9.01. The lowest BCUT2D eigenvalue weighted by Crippen LogP contribution is -2.26. The zero-order valence-corrected chi connectivity index (χ0v) is 22.4. The molecule has 38 heavy (non-hydrogen) atoms. The number of hydrogen-bond acceptors (Lipinski definition) is 5. The Morgan fingerprint density at radius 1 is 1.00 bits per heavy atom. The normalized spacial score (nSPS) is 19.2. The van der Waals surface area contributed by atoms with Crippen LogP contribution in [0.2, 0.25) is 0 Å². The van der Waals surface area contributed by atoms with E-state index in [2.05, 4.69) is 30.3 Å². The minimum absolute atomic E-state index is 0.0907. The minimum atomic E-state index is 0.0907. The summed E-state index contributed by atoms with van der Waals surface area (Å²) in [7, 11) is 0. The van der Waals surface area contributed by atoms with E-state index in [1.54, 1.807) is 0 Å². The Morgan fingerprint density at radius 3 is 2.42 bits per heavy atom. The molecule has 1 saturated carbocycles. The highest BCUT2D eigenvalue weighted by Crippen LogP contribution is 2.58. The highest BCUT2D eigenvalue weighted by molar-refractivity contribution is 5.98. The number of benzene rings is 2. The summed E-state index contributed by atoms with van der Waals surface area (Å²) < 4.78 is 5.45. The van der Waals surface area contributed by atoms with Crippen molar-refractivity contribution in [3.8, 4) is 11.1 Å². The van der Waals surface area contributed by atoms with Crippen molar-refractivity contribution in [3.05, 3.63) is 88.7 Å². The van der Waals surface area contributed by atoms with Crippen molar-refractivity contribution < 1.29 is 19.1 Å². The van der Waals surface area contributed by atoms with Gasteiger partial charge < -0.3 is 9.53 Å². The molecule has 1 aliphatic heterocycles. The maximum atomic E-state index is 13.1. The average Bonchev–Trinajstić information content (AvgIpc) is 3.78. The van der Waals surface area contributed by atoms with Gasteiger partial charge in [0.2, 0.25) is 0 Å². The van der Waals surface area contributed by atoms with Gasteiger partial charge in [0.1, 0.15) is 13.1 Å². The number of rotatable bonds is 5. The summed E-state index contributed by atoms with van der Waals surface area (Å²) in [6.45, 7) is 7.38. The molecule has 198 valence electrons. The second kappa shape index (κ2) is 12.4. The molecule has 0 radical (unpaired) electrons. The molecule has 5 heteroatoms. The van der Waals surface area contributed by atoms with Crippen LogP contribution in [0, 0.1) is 5.92 Å². The number of hydrogen-bond donors (Lipinski definition) is 0. The van der Waals surface area contributed by atoms with E-state index in [-0.39, 0.29) is 17.1 Å². The van der Waals surface area contributed by atoms with Gasteiger partial charge in [-0.3, -0.25) is 14.6 Å². The molecule has 2 fully saturated rings. The number of aromatic nitrogens is 1. The maximum Gasteiger partial charge on any atom is 0.166 e. The van der Waals surface area contributed by atoms with Crippen molar-refractivity contribution in [1.29, 1.82) is 0 Å². The average molecular weight is 512 g/mol. The van der Waals surface area contributed by atoms with E-state index in [4.69, 9.17) is 14.5 Å². The Labute approximate surface area is 225 Å². The number of aldehydes is 1. The molecular formula is C33H37NO4. The van der Waals surface area contributed by atoms with Gasteiger partial charge in [-0.1, -0.05) is 50.2 Å². The first kappa shape index (κ1) is 27.6. The van der Waals surface area contributed by atoms with Crippen molar-refractivity contribution in [3.63, 3.8) is 0 Å². The molecule has 1 spiro atoms. The lowest BCUT2D eigenvalue weighted by atomic mass is 9.72. The molecule has 1 unspecified atom stereocenters. The molecule has 6 rings (SSSR count). The predicted octanol–water partition coefficient (Wildman–Crippen LogP) is 6.77. The molecular weight excluding hydrogens is 474 g/mol. The Bertz CT molecular complexity index is 1260. The van der Waals surface area contributed by atoms with Crippen LogP contribution in [0.5, 0.6) is 0 Å². The number of nitrogens with zero attached hydrogens (tertiary/aromatic N) is 1. The largest absolute Gasteiger partial charge is 0.381 e. The summed E-state index contributed by atoms with van der Waals surface area (Å²) in [5.74, 6) is 0.727. The van der Waals surface area contributed by atoms with Crippen LogP contribution in [-0.2, 0) is 21.4 Å². The van der Waals surface area contributed by atoms with Crippen molar-refractivity contribution in [2.24, 2.45) is 5.92 Å². The summed E-state index contributed by atoms with van der Waals surface area (Å²) in [5, 5.41) is 0. The van der Waals surface area contributed by atoms with Gasteiger partial charge in [0.05, 0.1) is 0 Å². The quantitative estimate of drug-likeness (QED) is 0.279. The van der Waals surface area contributed by atoms with Crippen LogP contribution in [-0.4, -0.2) is 37.1 Å². The maximum absolute atomic E-state index is 13.1. The number of ether oxygens (including phenoxy) is 1. The summed E-state index contributed by atoms with van der Waals surface area (Å²) in [5.41, 5.74) is 7.73. The Balaban J connectivity index is 0.000000804. The highest BCUT2D eigenvalue weighted by Gasteiger charge is 2.49. The standard InChI is InChI=1S/C30H29NO3.C2H6.CH2O/c32-19-20-2-1-3-22(14-20)24-5-7-28(31-18-24)26-16-25-15-23(29(33)21-8-12-34-13-9-21)4-6-27(25)30(17-26)10-11-30;2*1-2/h1-7,14-15,18-19,21,26H,8-13,16-17H2;1-2H3;1H2. The molecule has 1 atom stereocenters. The van der Waals surface area contributed by atoms with E-state index >= 15 is 0 Å². The van der Waals surface area contributed by atoms with Crippen LogP contribution in [0.25, 0.3) is 11.1 Å². The third-order valence-corrected chi connectivity index (χ3v) is 8.07. The number of ketones is 1. The van der Waals surface area contributed by atoms with Gasteiger partial charge in [-0.15, -0.1) is 0 Å². The lowest BCUT2D eigenvalue weighted by Gasteiger charge is -2.32. The number of carbonyl (C=O) groups is 3. The van der Waals surface area contributed by atoms with Gasteiger partial charge in [-0.05, 0) is 78.8 Å². The molecule has 0 amide bonds. The van der Waals surface area contributed by atoms with E-state index in [9.17, 15) is 9.59 Å². The summed E-state index contributed by atoms with van der Waals surface area (Å²) in [6, 6.07) is 18.4. The molecule has 2 heterocycles. The van der Waals surface area contributed by atoms with E-state index in [0.29, 0.717) is 24.7 Å². The fourth-order valence-corrected chi connectivity index (χ4v) is 5.99. The number of Topliss-reactive ketones (excluding diaryl/α,β-unsaturated/α-hetero) is 1. The van der Waals surface area contributed by atoms with E-state index in [0.717, 1.165) is 54.4 Å². The van der Waals surface area contributed by atoms with E-state index in [1.807, 2.05) is 51.1 Å². The molecule has 5 nitrogen and oxygen atoms in total. The van der Waals surface area contributed by atoms with Crippen LogP contribution < -0.4 is 0 Å². The van der Waals surface area contributed by atoms with E-state index < -0.39 is 0 Å². The molecule has 3 aliphatic rings. The highest BCUT2D eigenvalue weighted by atomic mass is 16.5. The van der Waals surface area contributed by atoms with Crippen molar-refractivity contribution >= 4 is 18.9 Å². The number of pyridine rings is 1. The molecule has 0 N–H and O–H groups in total. The van der Waals surface area contributed by atoms with E-state index in [1.165, 1.54) is 24.0 Å². The summed E-state index contributed by atoms with van der Waals surface area (Å²) >= 11 is 0. The second-order valence-corrected chi connectivity index (χ2v) is 10.2. The van der Waals surface area contributed by atoms with Gasteiger partial charge in [0.25, 0.3) is 0 Å². The van der Waals surface area contributed by atoms with Gasteiger partial charge in [0.15, 0.2) is 5.78 Å². The summed E-state index contributed by atoms with van der Waals surface area (Å²) in [4.78, 5) is 37.1. The molecule has 1 saturated heterocycles. The van der Waals surface area contributed by atoms with Crippen LogP contribution in [0.1, 0.15) is 89.4 Å². The van der Waals surface area contributed by atoms with Crippen LogP contribution >= 0.6 is 0 Å². The van der Waals surface area contributed by atoms with Gasteiger partial charge >= 0.3 is 0 Å². The fraction of sp³-hybridized carbons (Fsp3) is 0.394. The van der Waals surface area contributed by atoms with Crippen LogP contribution in [0.4, 0.5) is 0 Å². The monoisotopic (exact) mass is 511 g/mol. The van der Waals surface area contributed by atoms with Gasteiger partial charge in [0, 0.05) is 53.6 Å². The zero-order chi connectivity index (χ0) is 27.1. The minimum Gasteiger partial charge on any atom is -0.381 e. The molecule has 0 bridgehead atoms. The zero-order valence-electron chi connectivity index (χ0n) is 22.4. The molecule has 3 aromatic rings. The smallest absolute Gasteiger partial charge is 0.166 e. The first-order valence-electron chi connectivity index (χ1n) is 13.7. The Hall–Kier alpha value is -3.44. The SMILES string of the molecule is C=O.CC.O=Cc1cccc(-c2ccc(C3Cc4cc(C(=O)C5CCOCC5)ccc4C4(CC4)C3)nc2)c1. The van der Waals surface area contributed by atoms with Crippen LogP contribution in [0.15, 0.2) is 60.8 Å². The third kappa shape index (κ3) is 5.68.